The molecule has 1 saturated heterocycles. The third kappa shape index (κ3) is 5.32. The van der Waals surface area contributed by atoms with Gasteiger partial charge in [0.05, 0.1) is 17.9 Å². The predicted octanol–water partition coefficient (Wildman–Crippen LogP) is 3.55. The minimum Gasteiger partial charge on any atom is -0.481 e. The van der Waals surface area contributed by atoms with Gasteiger partial charge in [-0.1, -0.05) is 55.5 Å². The molecule has 3 N–H and O–H groups in total. The fourth-order valence-corrected chi connectivity index (χ4v) is 4.95. The molecule has 4 rings (SSSR count). The smallest absolute Gasteiger partial charge is 0.407 e. The monoisotopic (exact) mass is 480 g/mol. The third-order valence-corrected chi connectivity index (χ3v) is 7.07. The number of rotatable bonds is 9. The Morgan fingerprint density at radius 3 is 2.31 bits per heavy atom. The van der Waals surface area contributed by atoms with E-state index in [4.69, 9.17) is 9.47 Å². The summed E-state index contributed by atoms with van der Waals surface area (Å²) in [7, 11) is 0. The zero-order valence-electron chi connectivity index (χ0n) is 19.9. The number of carbonyl (C=O) groups is 3. The van der Waals surface area contributed by atoms with Crippen molar-refractivity contribution in [3.63, 3.8) is 0 Å². The molecule has 2 unspecified atom stereocenters. The Morgan fingerprint density at radius 2 is 1.74 bits per heavy atom. The summed E-state index contributed by atoms with van der Waals surface area (Å²) in [6.45, 7) is 2.76. The topological polar surface area (TPSA) is 114 Å². The van der Waals surface area contributed by atoms with Crippen molar-refractivity contribution in [1.82, 2.24) is 10.6 Å². The van der Waals surface area contributed by atoms with Gasteiger partial charge in [-0.3, -0.25) is 9.59 Å². The average molecular weight is 481 g/mol. The van der Waals surface area contributed by atoms with Crippen LogP contribution in [0.2, 0.25) is 0 Å². The van der Waals surface area contributed by atoms with Gasteiger partial charge in [0, 0.05) is 25.6 Å². The third-order valence-electron chi connectivity index (χ3n) is 7.07. The summed E-state index contributed by atoms with van der Waals surface area (Å²) >= 11 is 0. The summed E-state index contributed by atoms with van der Waals surface area (Å²) < 4.78 is 11.2. The van der Waals surface area contributed by atoms with Crippen LogP contribution >= 0.6 is 0 Å². The first kappa shape index (κ1) is 24.7. The van der Waals surface area contributed by atoms with Gasteiger partial charge in [0.25, 0.3) is 0 Å². The van der Waals surface area contributed by atoms with Gasteiger partial charge in [-0.25, -0.2) is 4.79 Å². The average Bonchev–Trinajstić information content (AvgIpc) is 3.20. The zero-order chi connectivity index (χ0) is 24.8. The molecule has 2 aromatic carbocycles. The van der Waals surface area contributed by atoms with Gasteiger partial charge in [-0.2, -0.15) is 0 Å². The number of aliphatic carboxylic acids is 1. The number of alkyl carbamates (subject to hydrolysis) is 1. The molecular formula is C27H32N2O6. The first-order valence-electron chi connectivity index (χ1n) is 12.1. The van der Waals surface area contributed by atoms with Gasteiger partial charge in [-0.15, -0.1) is 0 Å². The number of hydrogen-bond acceptors (Lipinski definition) is 5. The SMILES string of the molecule is CCC(CNC(=O)C1(CNC(=O)OCC2c3ccccc3-c3ccccc32)CCCOC1)C(=O)O. The van der Waals surface area contributed by atoms with Crippen molar-refractivity contribution in [3.8, 4) is 11.1 Å². The van der Waals surface area contributed by atoms with Gasteiger partial charge >= 0.3 is 12.1 Å². The number of nitrogens with one attached hydrogen (secondary N) is 2. The molecule has 1 fully saturated rings. The van der Waals surface area contributed by atoms with E-state index in [1.807, 2.05) is 24.3 Å². The standard InChI is InChI=1S/C27H32N2O6/c1-2-18(24(30)31)14-28-25(32)27(12-7-13-34-17-27)16-29-26(33)35-15-23-21-10-5-3-8-19(21)20-9-4-6-11-22(20)23/h3-6,8-11,18,23H,2,7,12-17H2,1H3,(H,28,32)(H,29,33)(H,30,31). The molecule has 186 valence electrons. The van der Waals surface area contributed by atoms with Crippen molar-refractivity contribution in [1.29, 1.82) is 0 Å². The molecule has 0 radical (unpaired) electrons. The van der Waals surface area contributed by atoms with Crippen LogP contribution < -0.4 is 10.6 Å². The van der Waals surface area contributed by atoms with Gasteiger partial charge in [-0.05, 0) is 41.5 Å². The van der Waals surface area contributed by atoms with Crippen LogP contribution in [0.4, 0.5) is 4.79 Å². The molecule has 2 aromatic rings. The van der Waals surface area contributed by atoms with Crippen LogP contribution in [0, 0.1) is 11.3 Å². The van der Waals surface area contributed by atoms with E-state index in [9.17, 15) is 19.5 Å². The largest absolute Gasteiger partial charge is 0.481 e. The molecule has 1 aliphatic carbocycles. The summed E-state index contributed by atoms with van der Waals surface area (Å²) in [6.07, 6.45) is 1.03. The molecule has 0 spiro atoms. The first-order valence-corrected chi connectivity index (χ1v) is 12.1. The summed E-state index contributed by atoms with van der Waals surface area (Å²) in [5, 5.41) is 14.8. The highest BCUT2D eigenvalue weighted by atomic mass is 16.5. The molecule has 2 atom stereocenters. The number of benzene rings is 2. The van der Waals surface area contributed by atoms with E-state index in [1.165, 1.54) is 0 Å². The van der Waals surface area contributed by atoms with Crippen LogP contribution in [0.3, 0.4) is 0 Å². The molecule has 2 amide bonds. The molecule has 2 aliphatic rings. The molecule has 8 nitrogen and oxygen atoms in total. The Bertz CT molecular complexity index is 1030. The van der Waals surface area contributed by atoms with Gasteiger partial charge in [0.2, 0.25) is 5.91 Å². The normalized spacial score (nSPS) is 19.8. The molecule has 35 heavy (non-hydrogen) atoms. The molecular weight excluding hydrogens is 448 g/mol. The summed E-state index contributed by atoms with van der Waals surface area (Å²) in [6, 6.07) is 16.2. The van der Waals surface area contributed by atoms with E-state index >= 15 is 0 Å². The van der Waals surface area contributed by atoms with Crippen LogP contribution in [0.15, 0.2) is 48.5 Å². The summed E-state index contributed by atoms with van der Waals surface area (Å²) in [5.74, 6) is -1.96. The van der Waals surface area contributed by atoms with Crippen LogP contribution in [-0.2, 0) is 19.1 Å². The van der Waals surface area contributed by atoms with Crippen molar-refractivity contribution < 1.29 is 29.0 Å². The number of amides is 2. The second kappa shape index (κ2) is 10.9. The van der Waals surface area contributed by atoms with Crippen LogP contribution in [-0.4, -0.2) is 56.0 Å². The van der Waals surface area contributed by atoms with Gasteiger partial charge in [0.15, 0.2) is 0 Å². The first-order chi connectivity index (χ1) is 16.9. The van der Waals surface area contributed by atoms with Crippen molar-refractivity contribution in [2.24, 2.45) is 11.3 Å². The van der Waals surface area contributed by atoms with Crippen molar-refractivity contribution >= 4 is 18.0 Å². The van der Waals surface area contributed by atoms with Gasteiger partial charge in [0.1, 0.15) is 6.61 Å². The molecule has 1 aliphatic heterocycles. The van der Waals surface area contributed by atoms with Crippen molar-refractivity contribution in [2.75, 3.05) is 32.9 Å². The Hall–Kier alpha value is -3.39. The van der Waals surface area contributed by atoms with E-state index in [-0.39, 0.29) is 38.1 Å². The maximum atomic E-state index is 13.0. The number of carbonyl (C=O) groups excluding carboxylic acids is 2. The van der Waals surface area contributed by atoms with Crippen molar-refractivity contribution in [2.45, 2.75) is 32.1 Å². The highest BCUT2D eigenvalue weighted by Crippen LogP contribution is 2.44. The minimum absolute atomic E-state index is 0.0390. The fraction of sp³-hybridized carbons (Fsp3) is 0.444. The second-order valence-corrected chi connectivity index (χ2v) is 9.27. The number of hydrogen-bond donors (Lipinski definition) is 3. The van der Waals surface area contributed by atoms with Crippen molar-refractivity contribution in [3.05, 3.63) is 59.7 Å². The minimum atomic E-state index is -0.958. The number of fused-ring (bicyclic) bond motifs is 3. The maximum absolute atomic E-state index is 13.0. The van der Waals surface area contributed by atoms with Crippen LogP contribution in [0.5, 0.6) is 0 Å². The molecule has 1 heterocycles. The van der Waals surface area contributed by atoms with E-state index in [1.54, 1.807) is 6.92 Å². The van der Waals surface area contributed by atoms with E-state index < -0.39 is 23.4 Å². The maximum Gasteiger partial charge on any atom is 0.407 e. The molecule has 0 aromatic heterocycles. The highest BCUT2D eigenvalue weighted by molar-refractivity contribution is 5.84. The number of ether oxygens (including phenoxy) is 2. The van der Waals surface area contributed by atoms with Gasteiger partial charge < -0.3 is 25.2 Å². The van der Waals surface area contributed by atoms with Crippen LogP contribution in [0.25, 0.3) is 11.1 Å². The quantitative estimate of drug-likeness (QED) is 0.506. The lowest BCUT2D eigenvalue weighted by molar-refractivity contribution is -0.143. The summed E-state index contributed by atoms with van der Waals surface area (Å²) in [4.78, 5) is 37.0. The van der Waals surface area contributed by atoms with E-state index in [0.29, 0.717) is 25.9 Å². The number of carboxylic acid groups (broad SMARTS) is 1. The highest BCUT2D eigenvalue weighted by Gasteiger charge is 2.41. The lowest BCUT2D eigenvalue weighted by atomic mass is 9.81. The van der Waals surface area contributed by atoms with Crippen LogP contribution in [0.1, 0.15) is 43.2 Å². The fourth-order valence-electron chi connectivity index (χ4n) is 4.95. The Kier molecular flexibility index (Phi) is 7.70. The Labute approximate surface area is 205 Å². The summed E-state index contributed by atoms with van der Waals surface area (Å²) in [5.41, 5.74) is 3.60. The number of carboxylic acids is 1. The second-order valence-electron chi connectivity index (χ2n) is 9.27. The van der Waals surface area contributed by atoms with E-state index in [2.05, 4.69) is 34.9 Å². The molecule has 0 bridgehead atoms. The Morgan fingerprint density at radius 1 is 1.09 bits per heavy atom. The van der Waals surface area contributed by atoms with E-state index in [0.717, 1.165) is 22.3 Å². The lowest BCUT2D eigenvalue weighted by Crippen LogP contribution is -2.53. The Balaban J connectivity index is 1.37. The molecule has 0 saturated carbocycles. The zero-order valence-corrected chi connectivity index (χ0v) is 19.9. The predicted molar refractivity (Wildman–Crippen MR) is 130 cm³/mol. The lowest BCUT2D eigenvalue weighted by Gasteiger charge is -2.35. The molecule has 8 heteroatoms.